The largest absolute Gasteiger partial charge is 0.310 e. The first-order valence-electron chi connectivity index (χ1n) is 2.05. The third-order valence-electron chi connectivity index (χ3n) is 0.773. The molecule has 0 rings (SSSR count). The average molecular weight is 213 g/mol. The van der Waals surface area contributed by atoms with Gasteiger partial charge in [-0.25, -0.2) is 0 Å². The van der Waals surface area contributed by atoms with Crippen LogP contribution < -0.4 is 5.32 Å². The highest BCUT2D eigenvalue weighted by Crippen LogP contribution is 1.90. The summed E-state index contributed by atoms with van der Waals surface area (Å²) >= 11 is 1.77. The molecule has 0 aromatic carbocycles. The maximum absolute atomic E-state index is 10.3. The van der Waals surface area contributed by atoms with Crippen LogP contribution in [0.1, 0.15) is 6.92 Å². The van der Waals surface area contributed by atoms with E-state index in [1.165, 1.54) is 0 Å². The Labute approximate surface area is 56.8 Å². The van der Waals surface area contributed by atoms with Gasteiger partial charge in [-0.05, 0) is 14.0 Å². The molecule has 42 valence electrons. The first-order valence-corrected chi connectivity index (χ1v) is 3.13. The van der Waals surface area contributed by atoms with Gasteiger partial charge in [-0.15, -0.1) is 0 Å². The number of halogens is 1. The lowest BCUT2D eigenvalue weighted by Crippen LogP contribution is -2.26. The highest BCUT2D eigenvalue weighted by atomic mass is 127. The first kappa shape index (κ1) is 7.36. The van der Waals surface area contributed by atoms with Crippen LogP contribution in [0.3, 0.4) is 0 Å². The smallest absolute Gasteiger partial charge is 0.208 e. The predicted octanol–water partition coefficient (Wildman–Crippen LogP) is 0.556. The summed E-state index contributed by atoms with van der Waals surface area (Å²) in [6.07, 6.45) is 0. The maximum atomic E-state index is 10.3. The molecule has 0 aliphatic heterocycles. The molecule has 0 radical (unpaired) electrons. The van der Waals surface area contributed by atoms with E-state index in [0.717, 1.165) is 0 Å². The number of likely N-dealkylation sites (N-methyl/N-ethyl adjacent to an activating group) is 1. The van der Waals surface area contributed by atoms with Gasteiger partial charge in [0, 0.05) is 22.6 Å². The molecule has 0 unspecified atom stereocenters. The van der Waals surface area contributed by atoms with Crippen LogP contribution in [-0.2, 0) is 4.79 Å². The Morgan fingerprint density at radius 1 is 1.86 bits per heavy atom. The van der Waals surface area contributed by atoms with Crippen LogP contribution in [0, 0.1) is 0 Å². The summed E-state index contributed by atoms with van der Waals surface area (Å²) in [5, 5.41) is 2.81. The van der Waals surface area contributed by atoms with Crippen LogP contribution in [0.25, 0.3) is 0 Å². The van der Waals surface area contributed by atoms with Crippen LogP contribution >= 0.6 is 22.6 Å². The van der Waals surface area contributed by atoms with E-state index in [2.05, 4.69) is 5.32 Å². The van der Waals surface area contributed by atoms with Gasteiger partial charge >= 0.3 is 0 Å². The number of carbonyl (C=O) groups is 1. The summed E-state index contributed by atoms with van der Waals surface area (Å²) in [6, 6.07) is 0.000556. The zero-order chi connectivity index (χ0) is 5.86. The molecule has 0 aromatic heterocycles. The molecule has 0 heterocycles. The lowest BCUT2D eigenvalue weighted by atomic mass is 10.4. The molecule has 1 N–H and O–H groups in total. The normalized spacial score (nSPS) is 13.6. The van der Waals surface area contributed by atoms with Crippen molar-refractivity contribution in [1.29, 1.82) is 0 Å². The molecule has 3 heteroatoms. The van der Waals surface area contributed by atoms with Crippen LogP contribution in [0.15, 0.2) is 0 Å². The molecule has 2 nitrogen and oxygen atoms in total. The SMILES string of the molecule is CN[C@@H](C)C(=O)I. The van der Waals surface area contributed by atoms with Gasteiger partial charge < -0.3 is 5.32 Å². The molecular weight excluding hydrogens is 205 g/mol. The van der Waals surface area contributed by atoms with Crippen molar-refractivity contribution in [2.24, 2.45) is 0 Å². The first-order chi connectivity index (χ1) is 3.18. The van der Waals surface area contributed by atoms with Crippen LogP contribution in [-0.4, -0.2) is 16.9 Å². The molecule has 0 amide bonds. The summed E-state index contributed by atoms with van der Waals surface area (Å²) in [7, 11) is 1.77. The van der Waals surface area contributed by atoms with Gasteiger partial charge in [-0.1, -0.05) is 0 Å². The van der Waals surface area contributed by atoms with Gasteiger partial charge in [-0.2, -0.15) is 0 Å². The molecule has 0 saturated heterocycles. The minimum absolute atomic E-state index is 0.000556. The summed E-state index contributed by atoms with van der Waals surface area (Å²) in [5.41, 5.74) is 0. The van der Waals surface area contributed by atoms with Gasteiger partial charge in [0.15, 0.2) is 0 Å². The Hall–Kier alpha value is 0.360. The van der Waals surface area contributed by atoms with Crippen LogP contribution in [0.4, 0.5) is 0 Å². The Morgan fingerprint density at radius 3 is 2.29 bits per heavy atom. The standard InChI is InChI=1S/C4H8INO/c1-3(6-2)4(5)7/h3,6H,1-2H3/t3-/m0/s1. The lowest BCUT2D eigenvalue weighted by Gasteiger charge is -1.99. The molecule has 0 bridgehead atoms. The van der Waals surface area contributed by atoms with E-state index in [1.54, 1.807) is 29.6 Å². The number of rotatable bonds is 2. The van der Waals surface area contributed by atoms with Crippen molar-refractivity contribution < 1.29 is 4.79 Å². The summed E-state index contributed by atoms with van der Waals surface area (Å²) in [6.45, 7) is 1.83. The monoisotopic (exact) mass is 213 g/mol. The quantitative estimate of drug-likeness (QED) is 0.536. The second-order valence-electron chi connectivity index (χ2n) is 1.31. The molecule has 7 heavy (non-hydrogen) atoms. The number of nitrogens with one attached hydrogen (secondary N) is 1. The van der Waals surface area contributed by atoms with Crippen molar-refractivity contribution in [3.63, 3.8) is 0 Å². The zero-order valence-electron chi connectivity index (χ0n) is 4.36. The Kier molecular flexibility index (Phi) is 3.55. The average Bonchev–Trinajstić information content (AvgIpc) is 1.65. The van der Waals surface area contributed by atoms with Gasteiger partial charge in [0.2, 0.25) is 3.79 Å². The van der Waals surface area contributed by atoms with Gasteiger partial charge in [-0.3, -0.25) is 4.79 Å². The van der Waals surface area contributed by atoms with Crippen LogP contribution in [0.5, 0.6) is 0 Å². The van der Waals surface area contributed by atoms with E-state index < -0.39 is 0 Å². The molecular formula is C4H8INO. The van der Waals surface area contributed by atoms with E-state index in [1.807, 2.05) is 6.92 Å². The van der Waals surface area contributed by atoms with Crippen molar-refractivity contribution in [3.05, 3.63) is 0 Å². The van der Waals surface area contributed by atoms with Crippen molar-refractivity contribution >= 4 is 26.4 Å². The Balaban J connectivity index is 3.34. The second-order valence-corrected chi connectivity index (χ2v) is 2.38. The molecule has 1 atom stereocenters. The molecule has 0 aliphatic rings. The highest BCUT2D eigenvalue weighted by molar-refractivity contribution is 14.1. The van der Waals surface area contributed by atoms with Crippen molar-refractivity contribution in [2.45, 2.75) is 13.0 Å². The van der Waals surface area contributed by atoms with Crippen molar-refractivity contribution in [1.82, 2.24) is 5.32 Å². The lowest BCUT2D eigenvalue weighted by molar-refractivity contribution is -0.110. The topological polar surface area (TPSA) is 29.1 Å². The maximum Gasteiger partial charge on any atom is 0.208 e. The van der Waals surface area contributed by atoms with Crippen molar-refractivity contribution in [2.75, 3.05) is 7.05 Å². The van der Waals surface area contributed by atoms with Gasteiger partial charge in [0.25, 0.3) is 0 Å². The van der Waals surface area contributed by atoms with E-state index in [4.69, 9.17) is 0 Å². The van der Waals surface area contributed by atoms with E-state index >= 15 is 0 Å². The third-order valence-corrected chi connectivity index (χ3v) is 1.71. The molecule has 0 aliphatic carbocycles. The second kappa shape index (κ2) is 3.37. The fourth-order valence-electron chi connectivity index (χ4n) is 0.113. The molecule has 0 aromatic rings. The summed E-state index contributed by atoms with van der Waals surface area (Å²) in [4.78, 5) is 10.3. The predicted molar refractivity (Wildman–Crippen MR) is 37.5 cm³/mol. The highest BCUT2D eigenvalue weighted by Gasteiger charge is 2.02. The number of carbonyl (C=O) groups excluding carboxylic acids is 1. The fraction of sp³-hybridized carbons (Fsp3) is 0.750. The van der Waals surface area contributed by atoms with Crippen molar-refractivity contribution in [3.8, 4) is 0 Å². The van der Waals surface area contributed by atoms with E-state index in [0.29, 0.717) is 0 Å². The minimum atomic E-state index is 0.000556. The Bertz CT molecular complexity index is 74.1. The summed E-state index contributed by atoms with van der Waals surface area (Å²) < 4.78 is 0.153. The minimum Gasteiger partial charge on any atom is -0.310 e. The summed E-state index contributed by atoms with van der Waals surface area (Å²) in [5.74, 6) is 0. The van der Waals surface area contributed by atoms with Gasteiger partial charge in [0.1, 0.15) is 0 Å². The molecule has 0 fully saturated rings. The van der Waals surface area contributed by atoms with Crippen LogP contribution in [0.2, 0.25) is 0 Å². The number of hydrogen-bond acceptors (Lipinski definition) is 2. The third kappa shape index (κ3) is 2.99. The van der Waals surface area contributed by atoms with E-state index in [9.17, 15) is 4.79 Å². The zero-order valence-corrected chi connectivity index (χ0v) is 6.52. The van der Waals surface area contributed by atoms with Gasteiger partial charge in [0.05, 0.1) is 6.04 Å². The molecule has 0 spiro atoms. The van der Waals surface area contributed by atoms with E-state index in [-0.39, 0.29) is 9.83 Å². The number of hydrogen-bond donors (Lipinski definition) is 1. The molecule has 0 saturated carbocycles. The Morgan fingerprint density at radius 2 is 2.29 bits per heavy atom. The fourth-order valence-corrected chi connectivity index (χ4v) is 0.425.